The van der Waals surface area contributed by atoms with Crippen LogP contribution in [0.4, 0.5) is 0 Å². The van der Waals surface area contributed by atoms with Crippen LogP contribution in [-0.2, 0) is 6.42 Å². The lowest BCUT2D eigenvalue weighted by Gasteiger charge is -2.09. The van der Waals surface area contributed by atoms with Crippen LogP contribution in [0.25, 0.3) is 11.0 Å². The highest BCUT2D eigenvalue weighted by molar-refractivity contribution is 8.13. The zero-order valence-electron chi connectivity index (χ0n) is 13.8. The average Bonchev–Trinajstić information content (AvgIpc) is 3.12. The first-order valence-corrected chi connectivity index (χ1v) is 9.14. The summed E-state index contributed by atoms with van der Waals surface area (Å²) < 4.78 is 11.3. The molecule has 0 fully saturated rings. The van der Waals surface area contributed by atoms with Crippen molar-refractivity contribution in [3.8, 4) is 5.75 Å². The Hall–Kier alpha value is -2.53. The Bertz CT molecular complexity index is 1010. The minimum Gasteiger partial charge on any atom is -0.434 e. The zero-order chi connectivity index (χ0) is 17.2. The standard InChI is InChI=1S/C20H17NO3S/c1-13-16-8-7-15(23-20-21-9-10-25-20)12-18(16)24-19(22)17(13)11-14-5-3-2-4-6-14/h2-8,12H,9-11H2,1H3. The largest absolute Gasteiger partial charge is 0.434 e. The van der Waals surface area contributed by atoms with Crippen LogP contribution in [0.15, 0.2) is 62.7 Å². The van der Waals surface area contributed by atoms with Gasteiger partial charge in [0.2, 0.25) is 0 Å². The Kier molecular flexibility index (Phi) is 4.32. The number of benzene rings is 2. The Balaban J connectivity index is 1.71. The van der Waals surface area contributed by atoms with Gasteiger partial charge in [0, 0.05) is 29.2 Å². The van der Waals surface area contributed by atoms with Gasteiger partial charge in [-0.1, -0.05) is 42.1 Å². The molecule has 0 aliphatic carbocycles. The van der Waals surface area contributed by atoms with E-state index < -0.39 is 0 Å². The van der Waals surface area contributed by atoms with Gasteiger partial charge in [0.1, 0.15) is 11.3 Å². The number of ether oxygens (including phenoxy) is 1. The second-order valence-electron chi connectivity index (χ2n) is 5.91. The molecule has 0 spiro atoms. The first kappa shape index (κ1) is 16.0. The van der Waals surface area contributed by atoms with Crippen molar-refractivity contribution >= 4 is 28.0 Å². The second kappa shape index (κ2) is 6.76. The molecule has 0 bridgehead atoms. The maximum absolute atomic E-state index is 12.5. The SMILES string of the molecule is Cc1c(Cc2ccccc2)c(=O)oc2cc(OC3=NCCS3)ccc12. The van der Waals surface area contributed by atoms with Gasteiger partial charge in [0.15, 0.2) is 0 Å². The molecule has 1 aromatic heterocycles. The van der Waals surface area contributed by atoms with Gasteiger partial charge < -0.3 is 9.15 Å². The first-order valence-electron chi connectivity index (χ1n) is 8.16. The van der Waals surface area contributed by atoms with E-state index in [1.165, 1.54) is 0 Å². The summed E-state index contributed by atoms with van der Waals surface area (Å²) in [6, 6.07) is 15.5. The van der Waals surface area contributed by atoms with Crippen molar-refractivity contribution in [2.75, 3.05) is 12.3 Å². The van der Waals surface area contributed by atoms with Crippen LogP contribution in [-0.4, -0.2) is 17.5 Å². The Labute approximate surface area is 149 Å². The number of hydrogen-bond acceptors (Lipinski definition) is 5. The summed E-state index contributed by atoms with van der Waals surface area (Å²) in [5.41, 5.74) is 2.99. The van der Waals surface area contributed by atoms with E-state index in [0.717, 1.165) is 28.8 Å². The third kappa shape index (κ3) is 3.33. The third-order valence-electron chi connectivity index (χ3n) is 4.25. The molecule has 0 radical (unpaired) electrons. The Morgan fingerprint density at radius 3 is 2.80 bits per heavy atom. The van der Waals surface area contributed by atoms with Crippen molar-refractivity contribution in [2.24, 2.45) is 4.99 Å². The number of nitrogens with zero attached hydrogens (tertiary/aromatic N) is 1. The van der Waals surface area contributed by atoms with Crippen molar-refractivity contribution in [2.45, 2.75) is 13.3 Å². The number of aryl methyl sites for hydroxylation is 1. The van der Waals surface area contributed by atoms with Gasteiger partial charge in [-0.05, 0) is 30.2 Å². The van der Waals surface area contributed by atoms with E-state index in [0.29, 0.717) is 28.5 Å². The minimum absolute atomic E-state index is 0.293. The topological polar surface area (TPSA) is 51.8 Å². The lowest BCUT2D eigenvalue weighted by atomic mass is 10.00. The maximum atomic E-state index is 12.5. The summed E-state index contributed by atoms with van der Waals surface area (Å²) >= 11 is 1.59. The molecule has 4 nitrogen and oxygen atoms in total. The van der Waals surface area contributed by atoms with Gasteiger partial charge in [-0.15, -0.1) is 0 Å². The van der Waals surface area contributed by atoms with Gasteiger partial charge in [-0.25, -0.2) is 9.79 Å². The van der Waals surface area contributed by atoms with E-state index in [2.05, 4.69) is 4.99 Å². The number of hydrogen-bond donors (Lipinski definition) is 0. The van der Waals surface area contributed by atoms with E-state index >= 15 is 0 Å². The van der Waals surface area contributed by atoms with Crippen LogP contribution >= 0.6 is 11.8 Å². The summed E-state index contributed by atoms with van der Waals surface area (Å²) in [5, 5.41) is 1.60. The second-order valence-corrected chi connectivity index (χ2v) is 6.96. The molecule has 1 aliphatic rings. The highest BCUT2D eigenvalue weighted by Gasteiger charge is 2.14. The Morgan fingerprint density at radius 1 is 1.20 bits per heavy atom. The molecule has 2 aromatic carbocycles. The molecule has 0 N–H and O–H groups in total. The molecule has 4 rings (SSSR count). The molecule has 3 aromatic rings. The van der Waals surface area contributed by atoms with E-state index in [-0.39, 0.29) is 5.63 Å². The van der Waals surface area contributed by atoms with E-state index in [1.54, 1.807) is 17.8 Å². The minimum atomic E-state index is -0.293. The normalized spacial score (nSPS) is 13.9. The van der Waals surface area contributed by atoms with Gasteiger partial charge in [0.05, 0.1) is 6.54 Å². The number of thioether (sulfide) groups is 1. The van der Waals surface area contributed by atoms with Crippen molar-refractivity contribution in [3.63, 3.8) is 0 Å². The van der Waals surface area contributed by atoms with E-state index in [9.17, 15) is 4.79 Å². The fourth-order valence-corrected chi connectivity index (χ4v) is 3.62. The lowest BCUT2D eigenvalue weighted by molar-refractivity contribution is 0.540. The fourth-order valence-electron chi connectivity index (χ4n) is 2.92. The summed E-state index contributed by atoms with van der Waals surface area (Å²) in [4.78, 5) is 16.8. The highest BCUT2D eigenvalue weighted by atomic mass is 32.2. The van der Waals surface area contributed by atoms with Crippen molar-refractivity contribution < 1.29 is 9.15 Å². The van der Waals surface area contributed by atoms with Gasteiger partial charge >= 0.3 is 5.63 Å². The molecule has 0 saturated heterocycles. The van der Waals surface area contributed by atoms with Crippen LogP contribution in [0.1, 0.15) is 16.7 Å². The third-order valence-corrected chi connectivity index (χ3v) is 5.09. The lowest BCUT2D eigenvalue weighted by Crippen LogP contribution is -2.11. The molecule has 0 amide bonds. The van der Waals surface area contributed by atoms with Crippen molar-refractivity contribution in [1.82, 2.24) is 0 Å². The summed E-state index contributed by atoms with van der Waals surface area (Å²) in [5.74, 6) is 1.58. The molecular formula is C20H17NO3S. The van der Waals surface area contributed by atoms with Crippen molar-refractivity contribution in [1.29, 1.82) is 0 Å². The summed E-state index contributed by atoms with van der Waals surface area (Å²) in [6.07, 6.45) is 0.566. The number of fused-ring (bicyclic) bond motifs is 1. The monoisotopic (exact) mass is 351 g/mol. The zero-order valence-corrected chi connectivity index (χ0v) is 14.6. The van der Waals surface area contributed by atoms with Gasteiger partial charge in [-0.3, -0.25) is 0 Å². The van der Waals surface area contributed by atoms with Crippen LogP contribution in [0.5, 0.6) is 5.75 Å². The molecule has 25 heavy (non-hydrogen) atoms. The van der Waals surface area contributed by atoms with E-state index in [4.69, 9.17) is 9.15 Å². The smallest absolute Gasteiger partial charge is 0.340 e. The molecule has 1 aliphatic heterocycles. The average molecular weight is 351 g/mol. The number of aliphatic imine (C=N–C) groups is 1. The van der Waals surface area contributed by atoms with Crippen LogP contribution in [0.2, 0.25) is 0 Å². The van der Waals surface area contributed by atoms with Gasteiger partial charge in [-0.2, -0.15) is 0 Å². The maximum Gasteiger partial charge on any atom is 0.340 e. The summed E-state index contributed by atoms with van der Waals surface area (Å²) in [6.45, 7) is 2.75. The predicted octanol–water partition coefficient (Wildman–Crippen LogP) is 4.17. The number of rotatable bonds is 3. The molecule has 2 heterocycles. The predicted molar refractivity (Wildman–Crippen MR) is 102 cm³/mol. The van der Waals surface area contributed by atoms with Crippen LogP contribution < -0.4 is 10.4 Å². The Morgan fingerprint density at radius 2 is 2.04 bits per heavy atom. The van der Waals surface area contributed by atoms with Crippen molar-refractivity contribution in [3.05, 3.63) is 75.6 Å². The summed E-state index contributed by atoms with van der Waals surface area (Å²) in [7, 11) is 0. The van der Waals surface area contributed by atoms with Gasteiger partial charge in [0.25, 0.3) is 5.23 Å². The molecule has 126 valence electrons. The molecule has 0 unspecified atom stereocenters. The first-order chi connectivity index (χ1) is 12.2. The van der Waals surface area contributed by atoms with Crippen LogP contribution in [0.3, 0.4) is 0 Å². The molecule has 5 heteroatoms. The highest BCUT2D eigenvalue weighted by Crippen LogP contribution is 2.26. The molecule has 0 atom stereocenters. The van der Waals surface area contributed by atoms with E-state index in [1.807, 2.05) is 49.4 Å². The van der Waals surface area contributed by atoms with Crippen LogP contribution in [0, 0.1) is 6.92 Å². The molecule has 0 saturated carbocycles. The fraction of sp³-hybridized carbons (Fsp3) is 0.200. The molecular weight excluding hydrogens is 334 g/mol. The quantitative estimate of drug-likeness (QED) is 0.665.